The Labute approximate surface area is 196 Å². The van der Waals surface area contributed by atoms with Crippen molar-refractivity contribution in [1.29, 1.82) is 0 Å². The molecule has 1 heterocycles. The van der Waals surface area contributed by atoms with Gasteiger partial charge in [-0.2, -0.15) is 0 Å². The molecule has 0 saturated carbocycles. The minimum atomic E-state index is -1.22. The number of benzene rings is 1. The van der Waals surface area contributed by atoms with Crippen LogP contribution in [0.2, 0.25) is 0 Å². The van der Waals surface area contributed by atoms with Gasteiger partial charge >= 0.3 is 0 Å². The zero-order chi connectivity index (χ0) is 23.8. The molecule has 0 fully saturated rings. The fraction of sp³-hybridized carbons (Fsp3) is 0.667. The van der Waals surface area contributed by atoms with E-state index >= 15 is 0 Å². The normalized spacial score (nSPS) is 12.4. The first-order valence-corrected chi connectivity index (χ1v) is 12.8. The monoisotopic (exact) mass is 445 g/mol. The molecule has 0 radical (unpaired) electrons. The SMILES string of the molecule is CCCC[N+](CCCC)(CCCC)CCCC.N[C@@H](Cc1c[nH]c2ccccc12)C(=O)[O-]. The number of aromatic nitrogens is 1. The Kier molecular flexibility index (Phi) is 14.0. The van der Waals surface area contributed by atoms with Crippen LogP contribution in [0.5, 0.6) is 0 Å². The lowest BCUT2D eigenvalue weighted by Crippen LogP contribution is -2.50. The number of nitrogens with zero attached hydrogens (tertiary/aromatic N) is 1. The van der Waals surface area contributed by atoms with Gasteiger partial charge in [-0.15, -0.1) is 0 Å². The number of nitrogens with two attached hydrogens (primary N) is 1. The quantitative estimate of drug-likeness (QED) is 0.387. The van der Waals surface area contributed by atoms with Gasteiger partial charge in [0, 0.05) is 23.1 Å². The molecule has 1 aromatic carbocycles. The summed E-state index contributed by atoms with van der Waals surface area (Å²) in [5.41, 5.74) is 7.31. The van der Waals surface area contributed by atoms with Crippen molar-refractivity contribution in [1.82, 2.24) is 4.98 Å². The molecule has 3 N–H and O–H groups in total. The molecule has 0 amide bonds. The molecule has 182 valence electrons. The topological polar surface area (TPSA) is 81.9 Å². The molecule has 32 heavy (non-hydrogen) atoms. The molecule has 1 aromatic heterocycles. The van der Waals surface area contributed by atoms with Gasteiger partial charge in [-0.05, 0) is 43.7 Å². The number of nitrogens with one attached hydrogen (secondary N) is 1. The second kappa shape index (κ2) is 15.9. The number of quaternary nitrogens is 1. The third-order valence-corrected chi connectivity index (χ3v) is 6.36. The molecule has 1 atom stereocenters. The van der Waals surface area contributed by atoms with Crippen LogP contribution in [0.4, 0.5) is 0 Å². The number of carbonyl (C=O) groups excluding carboxylic acids is 1. The molecule has 0 saturated heterocycles. The van der Waals surface area contributed by atoms with Crippen LogP contribution in [0.25, 0.3) is 10.9 Å². The number of H-pyrrole nitrogens is 1. The molecule has 0 unspecified atom stereocenters. The summed E-state index contributed by atoms with van der Waals surface area (Å²) in [5, 5.41) is 11.5. The smallest absolute Gasteiger partial charge is 0.0786 e. The first-order chi connectivity index (χ1) is 15.4. The minimum absolute atomic E-state index is 0.284. The van der Waals surface area contributed by atoms with Gasteiger partial charge in [-0.25, -0.2) is 0 Å². The number of para-hydroxylation sites is 1. The van der Waals surface area contributed by atoms with Crippen molar-refractivity contribution >= 4 is 16.9 Å². The highest BCUT2D eigenvalue weighted by molar-refractivity contribution is 5.84. The lowest BCUT2D eigenvalue weighted by atomic mass is 10.1. The van der Waals surface area contributed by atoms with Crippen molar-refractivity contribution in [3.05, 3.63) is 36.0 Å². The van der Waals surface area contributed by atoms with Gasteiger partial charge in [0.15, 0.2) is 0 Å². The van der Waals surface area contributed by atoms with Crippen LogP contribution in [0.3, 0.4) is 0 Å². The number of fused-ring (bicyclic) bond motifs is 1. The number of unbranched alkanes of at least 4 members (excludes halogenated alkanes) is 4. The summed E-state index contributed by atoms with van der Waals surface area (Å²) in [6, 6.07) is 6.74. The molecular formula is C27H47N3O2. The average Bonchev–Trinajstić information content (AvgIpc) is 3.21. The lowest BCUT2D eigenvalue weighted by Gasteiger charge is -2.39. The largest absolute Gasteiger partial charge is 0.548 e. The van der Waals surface area contributed by atoms with Gasteiger partial charge < -0.3 is 25.1 Å². The molecule has 0 spiro atoms. The maximum absolute atomic E-state index is 10.5. The van der Waals surface area contributed by atoms with Crippen LogP contribution in [0.1, 0.15) is 84.6 Å². The molecule has 5 heteroatoms. The average molecular weight is 446 g/mol. The van der Waals surface area contributed by atoms with Crippen molar-refractivity contribution in [2.45, 2.75) is 91.5 Å². The highest BCUT2D eigenvalue weighted by Gasteiger charge is 2.24. The van der Waals surface area contributed by atoms with Gasteiger partial charge in [0.05, 0.1) is 32.1 Å². The number of carboxylic acids is 1. The summed E-state index contributed by atoms with van der Waals surface area (Å²) >= 11 is 0. The highest BCUT2D eigenvalue weighted by atomic mass is 16.4. The number of carbonyl (C=O) groups is 1. The number of carboxylic acid groups (broad SMARTS) is 1. The van der Waals surface area contributed by atoms with Crippen LogP contribution in [-0.4, -0.2) is 47.7 Å². The van der Waals surface area contributed by atoms with Gasteiger partial charge in [0.25, 0.3) is 0 Å². The van der Waals surface area contributed by atoms with Gasteiger partial charge in [0.1, 0.15) is 0 Å². The minimum Gasteiger partial charge on any atom is -0.548 e. The number of hydrogen-bond donors (Lipinski definition) is 2. The third-order valence-electron chi connectivity index (χ3n) is 6.36. The maximum atomic E-state index is 10.5. The summed E-state index contributed by atoms with van der Waals surface area (Å²) in [6.45, 7) is 15.0. The van der Waals surface area contributed by atoms with Crippen LogP contribution in [-0.2, 0) is 11.2 Å². The predicted molar refractivity (Wildman–Crippen MR) is 134 cm³/mol. The number of aromatic amines is 1. The van der Waals surface area contributed by atoms with E-state index in [1.165, 1.54) is 82.0 Å². The molecule has 0 aliphatic rings. The highest BCUT2D eigenvalue weighted by Crippen LogP contribution is 2.19. The second-order valence-corrected chi connectivity index (χ2v) is 9.14. The standard InChI is InChI=1S/C16H36N.C11H12N2O2/c1-5-9-13-17(14-10-6-2,15-11-7-3)16-12-8-4;12-9(11(14)15)5-7-6-13-10-4-2-1-3-8(7)10/h5-16H2,1-4H3;1-4,6,9,13H,5,12H2,(H,14,15)/q+1;/p-1/t;9-/m.0/s1. The Hall–Kier alpha value is -1.85. The van der Waals surface area contributed by atoms with Crippen LogP contribution in [0.15, 0.2) is 30.5 Å². The Morgan fingerprint density at radius 3 is 1.81 bits per heavy atom. The summed E-state index contributed by atoms with van der Waals surface area (Å²) in [5.74, 6) is -1.22. The molecule has 0 aliphatic heterocycles. The Morgan fingerprint density at radius 2 is 1.38 bits per heavy atom. The Bertz CT molecular complexity index is 719. The molecular weight excluding hydrogens is 398 g/mol. The van der Waals surface area contributed by atoms with Gasteiger partial charge in [-0.1, -0.05) is 71.6 Å². The molecule has 0 bridgehead atoms. The maximum Gasteiger partial charge on any atom is 0.0786 e. The molecule has 2 aromatic rings. The number of aliphatic carboxylic acids is 1. The third kappa shape index (κ3) is 9.74. The fourth-order valence-corrected chi connectivity index (χ4v) is 4.27. The summed E-state index contributed by atoms with van der Waals surface area (Å²) in [4.78, 5) is 13.6. The van der Waals surface area contributed by atoms with Crippen LogP contribution < -0.4 is 10.8 Å². The van der Waals surface area contributed by atoms with E-state index in [0.717, 1.165) is 16.5 Å². The Morgan fingerprint density at radius 1 is 0.906 bits per heavy atom. The Balaban J connectivity index is 0.000000321. The zero-order valence-electron chi connectivity index (χ0n) is 21.0. The van der Waals surface area contributed by atoms with E-state index in [1.807, 2.05) is 24.3 Å². The first-order valence-electron chi connectivity index (χ1n) is 12.8. The van der Waals surface area contributed by atoms with E-state index in [-0.39, 0.29) is 6.42 Å². The van der Waals surface area contributed by atoms with Crippen LogP contribution in [0, 0.1) is 0 Å². The van der Waals surface area contributed by atoms with Crippen molar-refractivity contribution in [2.24, 2.45) is 5.73 Å². The van der Waals surface area contributed by atoms with E-state index < -0.39 is 12.0 Å². The second-order valence-electron chi connectivity index (χ2n) is 9.14. The van der Waals surface area contributed by atoms with E-state index in [9.17, 15) is 9.90 Å². The molecule has 2 rings (SSSR count). The first kappa shape index (κ1) is 28.2. The lowest BCUT2D eigenvalue weighted by molar-refractivity contribution is -0.929. The van der Waals surface area contributed by atoms with Gasteiger partial charge in [-0.3, -0.25) is 0 Å². The van der Waals surface area contributed by atoms with Crippen molar-refractivity contribution in [3.63, 3.8) is 0 Å². The summed E-state index contributed by atoms with van der Waals surface area (Å²) in [6.07, 6.45) is 13.1. The summed E-state index contributed by atoms with van der Waals surface area (Å²) in [7, 11) is 0. The molecule has 5 nitrogen and oxygen atoms in total. The van der Waals surface area contributed by atoms with E-state index in [0.29, 0.717) is 0 Å². The van der Waals surface area contributed by atoms with Crippen molar-refractivity contribution in [3.8, 4) is 0 Å². The van der Waals surface area contributed by atoms with Gasteiger partial charge in [0.2, 0.25) is 0 Å². The molecule has 0 aliphatic carbocycles. The van der Waals surface area contributed by atoms with E-state index in [2.05, 4.69) is 32.7 Å². The summed E-state index contributed by atoms with van der Waals surface area (Å²) < 4.78 is 1.42. The van der Waals surface area contributed by atoms with Crippen LogP contribution >= 0.6 is 0 Å². The van der Waals surface area contributed by atoms with Crippen molar-refractivity contribution < 1.29 is 14.4 Å². The van der Waals surface area contributed by atoms with E-state index in [1.54, 1.807) is 6.20 Å². The predicted octanol–water partition coefficient (Wildman–Crippen LogP) is 4.79. The fourth-order valence-electron chi connectivity index (χ4n) is 4.27. The number of rotatable bonds is 15. The van der Waals surface area contributed by atoms with E-state index in [4.69, 9.17) is 5.73 Å². The zero-order valence-corrected chi connectivity index (χ0v) is 21.0. The van der Waals surface area contributed by atoms with Crippen molar-refractivity contribution in [2.75, 3.05) is 26.2 Å². The number of hydrogen-bond acceptors (Lipinski definition) is 3.